The van der Waals surface area contributed by atoms with Crippen LogP contribution in [0, 0.1) is 0 Å². The predicted molar refractivity (Wildman–Crippen MR) is 72.2 cm³/mol. The van der Waals surface area contributed by atoms with E-state index in [2.05, 4.69) is 10.1 Å². The SMILES string of the molecule is COc1cccc(-c2noc(C3(N)CCOCC3)n2)c1. The third-order valence-electron chi connectivity index (χ3n) is 3.56. The van der Waals surface area contributed by atoms with Crippen molar-refractivity contribution in [3.63, 3.8) is 0 Å². The average molecular weight is 275 g/mol. The van der Waals surface area contributed by atoms with Gasteiger partial charge in [-0.15, -0.1) is 0 Å². The number of methoxy groups -OCH3 is 1. The molecule has 0 bridgehead atoms. The van der Waals surface area contributed by atoms with Gasteiger partial charge in [-0.3, -0.25) is 0 Å². The van der Waals surface area contributed by atoms with Crippen LogP contribution in [0.15, 0.2) is 28.8 Å². The van der Waals surface area contributed by atoms with Crippen molar-refractivity contribution in [1.29, 1.82) is 0 Å². The lowest BCUT2D eigenvalue weighted by molar-refractivity contribution is 0.0400. The van der Waals surface area contributed by atoms with Crippen LogP contribution in [0.5, 0.6) is 5.75 Å². The number of nitrogens with zero attached hydrogens (tertiary/aromatic N) is 2. The molecule has 0 radical (unpaired) electrons. The standard InChI is InChI=1S/C14H17N3O3/c1-18-11-4-2-3-10(9-11)12-16-13(20-17-12)14(15)5-7-19-8-6-14/h2-4,9H,5-8,15H2,1H3. The van der Waals surface area contributed by atoms with Crippen molar-refractivity contribution in [2.24, 2.45) is 5.73 Å². The second kappa shape index (κ2) is 5.22. The maximum atomic E-state index is 6.33. The van der Waals surface area contributed by atoms with Gasteiger partial charge in [0, 0.05) is 18.8 Å². The van der Waals surface area contributed by atoms with E-state index in [0.29, 0.717) is 37.8 Å². The van der Waals surface area contributed by atoms with Gasteiger partial charge in [0.15, 0.2) is 0 Å². The van der Waals surface area contributed by atoms with Crippen LogP contribution < -0.4 is 10.5 Å². The molecule has 20 heavy (non-hydrogen) atoms. The van der Waals surface area contributed by atoms with E-state index in [4.69, 9.17) is 19.7 Å². The summed E-state index contributed by atoms with van der Waals surface area (Å²) in [6, 6.07) is 7.52. The first kappa shape index (κ1) is 13.1. The zero-order chi connectivity index (χ0) is 14.0. The van der Waals surface area contributed by atoms with Crippen molar-refractivity contribution in [2.45, 2.75) is 18.4 Å². The molecular formula is C14H17N3O3. The molecule has 1 aromatic heterocycles. The van der Waals surface area contributed by atoms with Crippen LogP contribution in [-0.2, 0) is 10.3 Å². The lowest BCUT2D eigenvalue weighted by atomic mass is 9.91. The van der Waals surface area contributed by atoms with E-state index in [1.54, 1.807) is 7.11 Å². The van der Waals surface area contributed by atoms with Crippen LogP contribution in [0.3, 0.4) is 0 Å². The Balaban J connectivity index is 1.89. The Morgan fingerprint density at radius 1 is 1.30 bits per heavy atom. The van der Waals surface area contributed by atoms with Gasteiger partial charge in [0.25, 0.3) is 0 Å². The van der Waals surface area contributed by atoms with Crippen LogP contribution in [0.2, 0.25) is 0 Å². The third-order valence-corrected chi connectivity index (χ3v) is 3.56. The normalized spacial score (nSPS) is 17.9. The number of nitrogens with two attached hydrogens (primary N) is 1. The van der Waals surface area contributed by atoms with E-state index in [1.807, 2.05) is 24.3 Å². The molecule has 2 heterocycles. The van der Waals surface area contributed by atoms with Crippen LogP contribution in [0.25, 0.3) is 11.4 Å². The van der Waals surface area contributed by atoms with Crippen molar-refractivity contribution >= 4 is 0 Å². The Morgan fingerprint density at radius 2 is 2.10 bits per heavy atom. The molecule has 106 valence electrons. The first-order chi connectivity index (χ1) is 9.71. The predicted octanol–water partition coefficient (Wildman–Crippen LogP) is 1.71. The summed E-state index contributed by atoms with van der Waals surface area (Å²) >= 11 is 0. The summed E-state index contributed by atoms with van der Waals surface area (Å²) in [6.07, 6.45) is 1.37. The Kier molecular flexibility index (Phi) is 3.42. The molecule has 0 saturated carbocycles. The van der Waals surface area contributed by atoms with Gasteiger partial charge in [-0.1, -0.05) is 17.3 Å². The molecule has 2 N–H and O–H groups in total. The number of benzene rings is 1. The highest BCUT2D eigenvalue weighted by atomic mass is 16.5. The molecule has 0 aliphatic carbocycles. The smallest absolute Gasteiger partial charge is 0.247 e. The number of hydrogen-bond acceptors (Lipinski definition) is 6. The van der Waals surface area contributed by atoms with Gasteiger partial charge in [-0.05, 0) is 25.0 Å². The first-order valence-corrected chi connectivity index (χ1v) is 6.56. The molecule has 1 aliphatic heterocycles. The molecule has 6 heteroatoms. The molecule has 0 amide bonds. The summed E-state index contributed by atoms with van der Waals surface area (Å²) in [5.74, 6) is 1.75. The zero-order valence-electron chi connectivity index (χ0n) is 11.3. The average Bonchev–Trinajstić information content (AvgIpc) is 2.99. The van der Waals surface area contributed by atoms with E-state index >= 15 is 0 Å². The van der Waals surface area contributed by atoms with Crippen molar-refractivity contribution < 1.29 is 14.0 Å². The zero-order valence-corrected chi connectivity index (χ0v) is 11.3. The molecular weight excluding hydrogens is 258 g/mol. The summed E-state index contributed by atoms with van der Waals surface area (Å²) in [7, 11) is 1.62. The van der Waals surface area contributed by atoms with Crippen molar-refractivity contribution in [2.75, 3.05) is 20.3 Å². The van der Waals surface area contributed by atoms with Crippen LogP contribution in [-0.4, -0.2) is 30.5 Å². The molecule has 6 nitrogen and oxygen atoms in total. The fourth-order valence-electron chi connectivity index (χ4n) is 2.25. The minimum Gasteiger partial charge on any atom is -0.497 e. The Bertz CT molecular complexity index is 591. The van der Waals surface area contributed by atoms with E-state index in [-0.39, 0.29) is 0 Å². The molecule has 1 fully saturated rings. The van der Waals surface area contributed by atoms with Gasteiger partial charge < -0.3 is 19.7 Å². The first-order valence-electron chi connectivity index (χ1n) is 6.56. The maximum Gasteiger partial charge on any atom is 0.247 e. The number of ether oxygens (including phenoxy) is 2. The molecule has 3 rings (SSSR count). The van der Waals surface area contributed by atoms with Gasteiger partial charge in [-0.25, -0.2) is 0 Å². The Labute approximate surface area is 116 Å². The van der Waals surface area contributed by atoms with Gasteiger partial charge in [0.2, 0.25) is 11.7 Å². The molecule has 0 unspecified atom stereocenters. The highest BCUT2D eigenvalue weighted by Crippen LogP contribution is 2.30. The lowest BCUT2D eigenvalue weighted by Crippen LogP contribution is -2.42. The minimum absolute atomic E-state index is 0.471. The molecule has 1 saturated heterocycles. The summed E-state index contributed by atoms with van der Waals surface area (Å²) in [4.78, 5) is 4.44. The van der Waals surface area contributed by atoms with Crippen LogP contribution in [0.4, 0.5) is 0 Å². The maximum absolute atomic E-state index is 6.33. The van der Waals surface area contributed by atoms with E-state index in [0.717, 1.165) is 11.3 Å². The van der Waals surface area contributed by atoms with Crippen molar-refractivity contribution in [3.05, 3.63) is 30.2 Å². The number of hydrogen-bond donors (Lipinski definition) is 1. The second-order valence-corrected chi connectivity index (χ2v) is 4.92. The number of rotatable bonds is 3. The highest BCUT2D eigenvalue weighted by Gasteiger charge is 2.35. The van der Waals surface area contributed by atoms with Gasteiger partial charge in [0.1, 0.15) is 11.3 Å². The molecule has 0 spiro atoms. The fraction of sp³-hybridized carbons (Fsp3) is 0.429. The minimum atomic E-state index is -0.581. The quantitative estimate of drug-likeness (QED) is 0.918. The lowest BCUT2D eigenvalue weighted by Gasteiger charge is -2.29. The molecule has 0 atom stereocenters. The molecule has 1 aromatic carbocycles. The van der Waals surface area contributed by atoms with Gasteiger partial charge >= 0.3 is 0 Å². The van der Waals surface area contributed by atoms with Crippen LogP contribution in [0.1, 0.15) is 18.7 Å². The summed E-state index contributed by atoms with van der Waals surface area (Å²) in [5.41, 5.74) is 6.59. The third kappa shape index (κ3) is 2.39. The molecule has 1 aliphatic rings. The topological polar surface area (TPSA) is 83.4 Å². The van der Waals surface area contributed by atoms with Crippen LogP contribution >= 0.6 is 0 Å². The van der Waals surface area contributed by atoms with Gasteiger partial charge in [0.05, 0.1) is 7.11 Å². The molecule has 2 aromatic rings. The van der Waals surface area contributed by atoms with E-state index in [1.165, 1.54) is 0 Å². The van der Waals surface area contributed by atoms with Crippen molar-refractivity contribution in [1.82, 2.24) is 10.1 Å². The summed E-state index contributed by atoms with van der Waals surface area (Å²) in [6.45, 7) is 1.24. The van der Waals surface area contributed by atoms with E-state index in [9.17, 15) is 0 Å². The summed E-state index contributed by atoms with van der Waals surface area (Å²) in [5, 5.41) is 4.02. The van der Waals surface area contributed by atoms with E-state index < -0.39 is 5.54 Å². The summed E-state index contributed by atoms with van der Waals surface area (Å²) < 4.78 is 15.9. The fourth-order valence-corrected chi connectivity index (χ4v) is 2.25. The highest BCUT2D eigenvalue weighted by molar-refractivity contribution is 5.56. The van der Waals surface area contributed by atoms with Crippen molar-refractivity contribution in [3.8, 4) is 17.1 Å². The van der Waals surface area contributed by atoms with Gasteiger partial charge in [-0.2, -0.15) is 4.98 Å². The Hall–Kier alpha value is -1.92. The second-order valence-electron chi connectivity index (χ2n) is 4.92. The monoisotopic (exact) mass is 275 g/mol. The Morgan fingerprint density at radius 3 is 2.85 bits per heavy atom. The number of aromatic nitrogens is 2. The largest absolute Gasteiger partial charge is 0.497 e.